The molecule has 2 aromatic rings. The van der Waals surface area contributed by atoms with Gasteiger partial charge in [0.2, 0.25) is 5.91 Å². The van der Waals surface area contributed by atoms with Gasteiger partial charge >= 0.3 is 0 Å². The third-order valence-corrected chi connectivity index (χ3v) is 3.27. The molecule has 0 radical (unpaired) electrons. The first-order chi connectivity index (χ1) is 10.5. The number of ether oxygens (including phenoxy) is 1. The van der Waals surface area contributed by atoms with Gasteiger partial charge in [0.1, 0.15) is 18.2 Å². The van der Waals surface area contributed by atoms with Crippen LogP contribution in [0.2, 0.25) is 0 Å². The van der Waals surface area contributed by atoms with Gasteiger partial charge in [-0.2, -0.15) is 0 Å². The summed E-state index contributed by atoms with van der Waals surface area (Å²) in [4.78, 5) is 11.8. The smallest absolute Gasteiger partial charge is 0.224 e. The maximum absolute atomic E-state index is 13.0. The first kappa shape index (κ1) is 16.0. The lowest BCUT2D eigenvalue weighted by atomic mass is 10.1. The molecule has 0 saturated carbocycles. The molecule has 3 nitrogen and oxygen atoms in total. The number of amides is 1. The molecule has 0 unspecified atom stereocenters. The lowest BCUT2D eigenvalue weighted by Gasteiger charge is -2.10. The Morgan fingerprint density at radius 3 is 2.73 bits per heavy atom. The van der Waals surface area contributed by atoms with Crippen molar-refractivity contribution in [3.63, 3.8) is 0 Å². The number of benzene rings is 2. The van der Waals surface area contributed by atoms with E-state index in [1.54, 1.807) is 12.1 Å². The highest BCUT2D eigenvalue weighted by Gasteiger charge is 2.04. The predicted molar refractivity (Wildman–Crippen MR) is 84.5 cm³/mol. The van der Waals surface area contributed by atoms with E-state index in [-0.39, 0.29) is 18.1 Å². The summed E-state index contributed by atoms with van der Waals surface area (Å²) in [7, 11) is 0. The number of nitrogens with one attached hydrogen (secondary N) is 1. The molecule has 0 fully saturated rings. The molecule has 0 atom stereocenters. The Morgan fingerprint density at radius 1 is 1.18 bits per heavy atom. The minimum atomic E-state index is -0.330. The molecule has 2 aromatic carbocycles. The van der Waals surface area contributed by atoms with E-state index >= 15 is 0 Å². The molecule has 0 heterocycles. The number of halogens is 1. The fourth-order valence-corrected chi connectivity index (χ4v) is 2.21. The van der Waals surface area contributed by atoms with Gasteiger partial charge in [-0.1, -0.05) is 29.8 Å². The summed E-state index contributed by atoms with van der Waals surface area (Å²) in [5.74, 6) is 0.350. The average molecular weight is 301 g/mol. The van der Waals surface area contributed by atoms with Crippen molar-refractivity contribution in [3.8, 4) is 5.75 Å². The quantitative estimate of drug-likeness (QED) is 0.832. The van der Waals surface area contributed by atoms with E-state index in [2.05, 4.69) is 11.4 Å². The van der Waals surface area contributed by atoms with Crippen molar-refractivity contribution in [2.45, 2.75) is 20.3 Å². The van der Waals surface area contributed by atoms with Crippen molar-refractivity contribution >= 4 is 5.91 Å². The van der Waals surface area contributed by atoms with Gasteiger partial charge < -0.3 is 10.1 Å². The monoisotopic (exact) mass is 301 g/mol. The second-order valence-corrected chi connectivity index (χ2v) is 5.27. The maximum Gasteiger partial charge on any atom is 0.224 e. The summed E-state index contributed by atoms with van der Waals surface area (Å²) in [6.45, 7) is 4.84. The Hall–Kier alpha value is -2.36. The molecule has 2 rings (SSSR count). The Labute approximate surface area is 130 Å². The first-order valence-corrected chi connectivity index (χ1v) is 7.26. The number of rotatable bonds is 6. The molecule has 0 bridgehead atoms. The van der Waals surface area contributed by atoms with Crippen LogP contribution in [0, 0.1) is 19.7 Å². The second kappa shape index (κ2) is 7.59. The van der Waals surface area contributed by atoms with Crippen LogP contribution in [0.25, 0.3) is 0 Å². The Morgan fingerprint density at radius 2 is 2.00 bits per heavy atom. The zero-order valence-electron chi connectivity index (χ0n) is 12.9. The third-order valence-electron chi connectivity index (χ3n) is 3.27. The molecule has 4 heteroatoms. The fraction of sp³-hybridized carbons (Fsp3) is 0.278. The second-order valence-electron chi connectivity index (χ2n) is 5.27. The topological polar surface area (TPSA) is 38.3 Å². The highest BCUT2D eigenvalue weighted by Crippen LogP contribution is 2.18. The Bertz CT molecular complexity index is 655. The molecule has 0 saturated heterocycles. The number of hydrogen-bond donors (Lipinski definition) is 1. The largest absolute Gasteiger partial charge is 0.491 e. The van der Waals surface area contributed by atoms with Crippen molar-refractivity contribution in [2.75, 3.05) is 13.2 Å². The van der Waals surface area contributed by atoms with Gasteiger partial charge in [0.05, 0.1) is 13.0 Å². The van der Waals surface area contributed by atoms with Crippen LogP contribution in [0.1, 0.15) is 16.7 Å². The van der Waals surface area contributed by atoms with Crippen molar-refractivity contribution in [2.24, 2.45) is 0 Å². The highest BCUT2D eigenvalue weighted by molar-refractivity contribution is 5.78. The zero-order valence-corrected chi connectivity index (χ0v) is 12.9. The summed E-state index contributed by atoms with van der Waals surface area (Å²) in [6.07, 6.45) is 0.168. The standard InChI is InChI=1S/C18H20FNO2/c1-13-6-7-17(14(2)10-13)22-9-8-20-18(21)12-15-4-3-5-16(19)11-15/h3-7,10-11H,8-9,12H2,1-2H3,(H,20,21). The minimum Gasteiger partial charge on any atom is -0.491 e. The Kier molecular flexibility index (Phi) is 5.53. The van der Waals surface area contributed by atoms with Gasteiger partial charge in [-0.05, 0) is 43.2 Å². The fourth-order valence-electron chi connectivity index (χ4n) is 2.21. The average Bonchev–Trinajstić information content (AvgIpc) is 2.45. The molecular weight excluding hydrogens is 281 g/mol. The van der Waals surface area contributed by atoms with E-state index in [0.29, 0.717) is 18.7 Å². The molecule has 1 N–H and O–H groups in total. The van der Waals surface area contributed by atoms with E-state index < -0.39 is 0 Å². The lowest BCUT2D eigenvalue weighted by molar-refractivity contribution is -0.120. The highest BCUT2D eigenvalue weighted by atomic mass is 19.1. The summed E-state index contributed by atoms with van der Waals surface area (Å²) in [6, 6.07) is 12.0. The third kappa shape index (κ3) is 4.88. The normalized spacial score (nSPS) is 10.3. The van der Waals surface area contributed by atoms with Gasteiger partial charge in [0.25, 0.3) is 0 Å². The summed E-state index contributed by atoms with van der Waals surface area (Å²) in [5.41, 5.74) is 2.92. The van der Waals surface area contributed by atoms with E-state index in [9.17, 15) is 9.18 Å². The SMILES string of the molecule is Cc1ccc(OCCNC(=O)Cc2cccc(F)c2)c(C)c1. The van der Waals surface area contributed by atoms with Gasteiger partial charge in [0.15, 0.2) is 0 Å². The van der Waals surface area contributed by atoms with Crippen LogP contribution in [0.4, 0.5) is 4.39 Å². The summed E-state index contributed by atoms with van der Waals surface area (Å²) in [5, 5.41) is 2.77. The zero-order chi connectivity index (χ0) is 15.9. The van der Waals surface area contributed by atoms with Crippen LogP contribution < -0.4 is 10.1 Å². The van der Waals surface area contributed by atoms with Gasteiger partial charge in [-0.25, -0.2) is 4.39 Å². The van der Waals surface area contributed by atoms with Gasteiger partial charge in [-0.3, -0.25) is 4.79 Å². The number of hydrogen-bond acceptors (Lipinski definition) is 2. The molecule has 0 spiro atoms. The van der Waals surface area contributed by atoms with Crippen LogP contribution in [0.5, 0.6) is 5.75 Å². The van der Waals surface area contributed by atoms with Gasteiger partial charge in [0, 0.05) is 0 Å². The molecule has 0 aromatic heterocycles. The van der Waals surface area contributed by atoms with Crippen molar-refractivity contribution in [1.29, 1.82) is 0 Å². The van der Waals surface area contributed by atoms with E-state index in [1.807, 2.05) is 26.0 Å². The lowest BCUT2D eigenvalue weighted by Crippen LogP contribution is -2.29. The number of carbonyl (C=O) groups excluding carboxylic acids is 1. The predicted octanol–water partition coefficient (Wildman–Crippen LogP) is 3.18. The van der Waals surface area contributed by atoms with Crippen LogP contribution in [0.15, 0.2) is 42.5 Å². The minimum absolute atomic E-state index is 0.144. The van der Waals surface area contributed by atoms with Crippen molar-refractivity contribution in [3.05, 3.63) is 65.0 Å². The number of carbonyl (C=O) groups is 1. The summed E-state index contributed by atoms with van der Waals surface area (Å²) >= 11 is 0. The summed E-state index contributed by atoms with van der Waals surface area (Å²) < 4.78 is 18.7. The van der Waals surface area contributed by atoms with Crippen LogP contribution in [-0.2, 0) is 11.2 Å². The maximum atomic E-state index is 13.0. The molecule has 0 aliphatic carbocycles. The molecule has 0 aliphatic rings. The molecule has 116 valence electrons. The number of aryl methyl sites for hydroxylation is 2. The van der Waals surface area contributed by atoms with Crippen LogP contribution >= 0.6 is 0 Å². The molecular formula is C18H20FNO2. The van der Waals surface area contributed by atoms with E-state index in [1.165, 1.54) is 17.7 Å². The van der Waals surface area contributed by atoms with E-state index in [4.69, 9.17) is 4.74 Å². The van der Waals surface area contributed by atoms with Crippen LogP contribution in [0.3, 0.4) is 0 Å². The molecule has 1 amide bonds. The van der Waals surface area contributed by atoms with Crippen LogP contribution in [-0.4, -0.2) is 19.1 Å². The molecule has 0 aliphatic heterocycles. The van der Waals surface area contributed by atoms with E-state index in [0.717, 1.165) is 11.3 Å². The first-order valence-electron chi connectivity index (χ1n) is 7.26. The Balaban J connectivity index is 1.73. The van der Waals surface area contributed by atoms with Gasteiger partial charge in [-0.15, -0.1) is 0 Å². The van der Waals surface area contributed by atoms with Crippen molar-refractivity contribution in [1.82, 2.24) is 5.32 Å². The van der Waals surface area contributed by atoms with Crippen molar-refractivity contribution < 1.29 is 13.9 Å². The molecule has 22 heavy (non-hydrogen) atoms.